The fourth-order valence-corrected chi connectivity index (χ4v) is 2.08. The molecule has 2 aromatic rings. The fourth-order valence-electron chi connectivity index (χ4n) is 1.66. The Bertz CT molecular complexity index is 583. The minimum absolute atomic E-state index is 0.0877. The second-order valence-electron chi connectivity index (χ2n) is 4.24. The smallest absolute Gasteiger partial charge is 0.248 e. The lowest BCUT2D eigenvalue weighted by Gasteiger charge is -2.10. The summed E-state index contributed by atoms with van der Waals surface area (Å²) in [7, 11) is 0. The van der Waals surface area contributed by atoms with E-state index in [2.05, 4.69) is 31.4 Å². The number of halogens is 1. The van der Waals surface area contributed by atoms with Crippen LogP contribution in [0.2, 0.25) is 0 Å². The summed E-state index contributed by atoms with van der Waals surface area (Å²) in [6.45, 7) is 3.55. The van der Waals surface area contributed by atoms with Crippen molar-refractivity contribution in [1.29, 1.82) is 0 Å². The molecule has 0 aliphatic rings. The fraction of sp³-hybridized carbons (Fsp3) is 0.308. The molecule has 0 saturated carbocycles. The third kappa shape index (κ3) is 3.64. The lowest BCUT2D eigenvalue weighted by molar-refractivity contribution is -0.121. The first-order valence-electron chi connectivity index (χ1n) is 5.89. The molecule has 1 unspecified atom stereocenters. The van der Waals surface area contributed by atoms with Crippen LogP contribution in [-0.4, -0.2) is 16.0 Å². The summed E-state index contributed by atoms with van der Waals surface area (Å²) in [4.78, 5) is 16.0. The van der Waals surface area contributed by atoms with E-state index in [-0.39, 0.29) is 11.9 Å². The number of carbonyl (C=O) groups excluding carboxylic acids is 1. The molecule has 1 atom stereocenters. The minimum atomic E-state index is -0.295. The zero-order chi connectivity index (χ0) is 13.8. The van der Waals surface area contributed by atoms with E-state index in [1.165, 1.54) is 0 Å². The number of amides is 1. The number of nitrogens with zero attached hydrogens (tertiary/aromatic N) is 2. The van der Waals surface area contributed by atoms with Crippen molar-refractivity contribution in [3.63, 3.8) is 0 Å². The average molecular weight is 324 g/mol. The molecule has 1 heterocycles. The van der Waals surface area contributed by atoms with E-state index in [9.17, 15) is 4.79 Å². The number of rotatable bonds is 4. The zero-order valence-electron chi connectivity index (χ0n) is 10.7. The molecule has 1 aromatic carbocycles. The molecule has 19 heavy (non-hydrogen) atoms. The van der Waals surface area contributed by atoms with Crippen LogP contribution < -0.4 is 5.32 Å². The zero-order valence-corrected chi connectivity index (χ0v) is 12.3. The molecule has 1 aromatic heterocycles. The second kappa shape index (κ2) is 5.97. The maximum atomic E-state index is 11.9. The van der Waals surface area contributed by atoms with Gasteiger partial charge in [-0.25, -0.2) is 0 Å². The first kappa shape index (κ1) is 13.7. The van der Waals surface area contributed by atoms with Crippen LogP contribution in [0.3, 0.4) is 0 Å². The van der Waals surface area contributed by atoms with E-state index in [4.69, 9.17) is 4.52 Å². The number of aryl methyl sites for hydroxylation is 1. The van der Waals surface area contributed by atoms with Crippen LogP contribution in [0.1, 0.15) is 30.2 Å². The molecule has 0 fully saturated rings. The van der Waals surface area contributed by atoms with Crippen molar-refractivity contribution in [3.8, 4) is 0 Å². The van der Waals surface area contributed by atoms with Gasteiger partial charge in [-0.15, -0.1) is 0 Å². The van der Waals surface area contributed by atoms with Crippen LogP contribution in [0, 0.1) is 6.92 Å². The maximum absolute atomic E-state index is 11.9. The van der Waals surface area contributed by atoms with Crippen LogP contribution in [0.4, 0.5) is 0 Å². The number of benzene rings is 1. The van der Waals surface area contributed by atoms with Gasteiger partial charge in [-0.3, -0.25) is 4.79 Å². The molecular weight excluding hydrogens is 310 g/mol. The molecule has 5 nitrogen and oxygen atoms in total. The van der Waals surface area contributed by atoms with E-state index >= 15 is 0 Å². The number of hydrogen-bond donors (Lipinski definition) is 1. The van der Waals surface area contributed by atoms with Crippen molar-refractivity contribution < 1.29 is 9.32 Å². The van der Waals surface area contributed by atoms with Gasteiger partial charge < -0.3 is 9.84 Å². The lowest BCUT2D eigenvalue weighted by atomic mass is 10.1. The van der Waals surface area contributed by atoms with Gasteiger partial charge in [0, 0.05) is 4.47 Å². The Morgan fingerprint density at radius 3 is 2.84 bits per heavy atom. The SMILES string of the molecule is Cc1noc(C(C)NC(=O)Cc2ccccc2Br)n1. The van der Waals surface area contributed by atoms with Gasteiger partial charge in [-0.1, -0.05) is 39.3 Å². The van der Waals surface area contributed by atoms with Crippen LogP contribution in [0.5, 0.6) is 0 Å². The van der Waals surface area contributed by atoms with E-state index in [0.29, 0.717) is 18.1 Å². The number of carbonyl (C=O) groups is 1. The average Bonchev–Trinajstić information content (AvgIpc) is 2.79. The van der Waals surface area contributed by atoms with E-state index in [1.54, 1.807) is 6.92 Å². The Balaban J connectivity index is 1.96. The first-order chi connectivity index (χ1) is 9.06. The van der Waals surface area contributed by atoms with Crippen molar-refractivity contribution in [1.82, 2.24) is 15.5 Å². The molecule has 0 bridgehead atoms. The van der Waals surface area contributed by atoms with Crippen molar-refractivity contribution in [2.75, 3.05) is 0 Å². The number of nitrogens with one attached hydrogen (secondary N) is 1. The molecule has 0 aliphatic carbocycles. The third-order valence-electron chi connectivity index (χ3n) is 2.60. The van der Waals surface area contributed by atoms with Crippen molar-refractivity contribution >= 4 is 21.8 Å². The first-order valence-corrected chi connectivity index (χ1v) is 6.68. The van der Waals surface area contributed by atoms with Gasteiger partial charge in [0.15, 0.2) is 5.82 Å². The predicted octanol–water partition coefficient (Wildman–Crippen LogP) is 2.56. The number of hydrogen-bond acceptors (Lipinski definition) is 4. The monoisotopic (exact) mass is 323 g/mol. The summed E-state index contributed by atoms with van der Waals surface area (Å²) in [5, 5.41) is 6.53. The predicted molar refractivity (Wildman–Crippen MR) is 73.4 cm³/mol. The van der Waals surface area contributed by atoms with Gasteiger partial charge in [-0.2, -0.15) is 4.98 Å². The molecule has 100 valence electrons. The van der Waals surface area contributed by atoms with Crippen molar-refractivity contribution in [2.45, 2.75) is 26.3 Å². The van der Waals surface area contributed by atoms with Crippen LogP contribution in [0.15, 0.2) is 33.3 Å². The summed E-state index contributed by atoms with van der Waals surface area (Å²) >= 11 is 3.42. The number of aromatic nitrogens is 2. The Kier molecular flexibility index (Phi) is 4.31. The molecule has 0 spiro atoms. The molecule has 6 heteroatoms. The largest absolute Gasteiger partial charge is 0.344 e. The normalized spacial score (nSPS) is 12.2. The summed E-state index contributed by atoms with van der Waals surface area (Å²) in [6, 6.07) is 7.34. The van der Waals surface area contributed by atoms with E-state index in [0.717, 1.165) is 10.0 Å². The van der Waals surface area contributed by atoms with Crippen LogP contribution in [0.25, 0.3) is 0 Å². The Morgan fingerprint density at radius 1 is 1.47 bits per heavy atom. The molecular formula is C13H14BrN3O2. The van der Waals surface area contributed by atoms with E-state index in [1.807, 2.05) is 31.2 Å². The van der Waals surface area contributed by atoms with Gasteiger partial charge in [0.2, 0.25) is 11.8 Å². The molecule has 1 amide bonds. The highest BCUT2D eigenvalue weighted by atomic mass is 79.9. The molecule has 0 aliphatic heterocycles. The van der Waals surface area contributed by atoms with Gasteiger partial charge in [0.05, 0.1) is 6.42 Å². The highest BCUT2D eigenvalue weighted by Gasteiger charge is 2.16. The Morgan fingerprint density at radius 2 is 2.21 bits per heavy atom. The molecule has 0 radical (unpaired) electrons. The second-order valence-corrected chi connectivity index (χ2v) is 5.09. The van der Waals surface area contributed by atoms with Gasteiger partial charge in [0.1, 0.15) is 6.04 Å². The lowest BCUT2D eigenvalue weighted by Crippen LogP contribution is -2.28. The van der Waals surface area contributed by atoms with Crippen molar-refractivity contribution in [3.05, 3.63) is 46.0 Å². The summed E-state index contributed by atoms with van der Waals surface area (Å²) in [6.07, 6.45) is 0.304. The molecule has 2 rings (SSSR count). The summed E-state index contributed by atoms with van der Waals surface area (Å²) < 4.78 is 5.94. The van der Waals surface area contributed by atoms with Gasteiger partial charge in [0.25, 0.3) is 0 Å². The minimum Gasteiger partial charge on any atom is -0.344 e. The van der Waals surface area contributed by atoms with Gasteiger partial charge in [-0.05, 0) is 25.5 Å². The third-order valence-corrected chi connectivity index (χ3v) is 3.37. The maximum Gasteiger partial charge on any atom is 0.248 e. The summed E-state index contributed by atoms with van der Waals surface area (Å²) in [5.74, 6) is 0.884. The Labute approximate surface area is 119 Å². The standard InChI is InChI=1S/C13H14BrN3O2/c1-8(13-16-9(2)17-19-13)15-12(18)7-10-5-3-4-6-11(10)14/h3-6,8H,7H2,1-2H3,(H,15,18). The summed E-state index contributed by atoms with van der Waals surface area (Å²) in [5.41, 5.74) is 0.939. The Hall–Kier alpha value is -1.69. The molecule has 1 N–H and O–H groups in total. The quantitative estimate of drug-likeness (QED) is 0.938. The van der Waals surface area contributed by atoms with E-state index < -0.39 is 0 Å². The van der Waals surface area contributed by atoms with Crippen molar-refractivity contribution in [2.24, 2.45) is 0 Å². The van der Waals surface area contributed by atoms with Gasteiger partial charge >= 0.3 is 0 Å². The highest BCUT2D eigenvalue weighted by molar-refractivity contribution is 9.10. The molecule has 0 saturated heterocycles. The van der Waals surface area contributed by atoms with Crippen LogP contribution >= 0.6 is 15.9 Å². The highest BCUT2D eigenvalue weighted by Crippen LogP contribution is 2.17. The van der Waals surface area contributed by atoms with Crippen LogP contribution in [-0.2, 0) is 11.2 Å². The topological polar surface area (TPSA) is 68.0 Å².